The summed E-state index contributed by atoms with van der Waals surface area (Å²) in [5.74, 6) is 0. The second-order valence-corrected chi connectivity index (χ2v) is 3.89. The Balaban J connectivity index is 2.72. The fraction of sp³-hybridized carbons (Fsp3) is 0.750. The standard InChI is InChI=1S/C8H16N2/c1-8(2)4-3-6(9)7(10)5-8/h3-5,9-10H2,1-2H3. The first-order chi connectivity index (χ1) is 4.51. The van der Waals surface area contributed by atoms with Crippen LogP contribution in [0.5, 0.6) is 0 Å². The molecular weight excluding hydrogens is 124 g/mol. The first kappa shape index (κ1) is 7.45. The Labute approximate surface area is 62.3 Å². The van der Waals surface area contributed by atoms with Gasteiger partial charge >= 0.3 is 0 Å². The molecule has 1 rings (SSSR count). The van der Waals surface area contributed by atoms with Crippen molar-refractivity contribution in [2.75, 3.05) is 0 Å². The monoisotopic (exact) mass is 140 g/mol. The molecule has 2 nitrogen and oxygen atoms in total. The molecule has 0 aromatic heterocycles. The van der Waals surface area contributed by atoms with E-state index in [1.54, 1.807) is 0 Å². The maximum atomic E-state index is 5.71. The number of rotatable bonds is 0. The summed E-state index contributed by atoms with van der Waals surface area (Å²) >= 11 is 0. The van der Waals surface area contributed by atoms with Crippen molar-refractivity contribution in [1.82, 2.24) is 0 Å². The first-order valence-corrected chi connectivity index (χ1v) is 3.74. The highest BCUT2D eigenvalue weighted by Gasteiger charge is 2.24. The van der Waals surface area contributed by atoms with Gasteiger partial charge in [0.2, 0.25) is 0 Å². The molecule has 1 aliphatic rings. The molecule has 0 spiro atoms. The Morgan fingerprint density at radius 1 is 1.20 bits per heavy atom. The maximum absolute atomic E-state index is 5.71. The topological polar surface area (TPSA) is 52.0 Å². The van der Waals surface area contributed by atoms with E-state index in [0.29, 0.717) is 5.41 Å². The zero-order chi connectivity index (χ0) is 7.78. The van der Waals surface area contributed by atoms with Crippen LogP contribution in [0, 0.1) is 5.41 Å². The van der Waals surface area contributed by atoms with Gasteiger partial charge in [-0.25, -0.2) is 0 Å². The van der Waals surface area contributed by atoms with Crippen LogP contribution in [0.2, 0.25) is 0 Å². The van der Waals surface area contributed by atoms with Crippen LogP contribution in [0.25, 0.3) is 0 Å². The molecular formula is C8H16N2. The predicted molar refractivity (Wildman–Crippen MR) is 43.0 cm³/mol. The average Bonchev–Trinajstić information content (AvgIpc) is 1.79. The van der Waals surface area contributed by atoms with Crippen molar-refractivity contribution < 1.29 is 0 Å². The van der Waals surface area contributed by atoms with Crippen LogP contribution in [0.3, 0.4) is 0 Å². The molecule has 0 unspecified atom stereocenters. The smallest absolute Gasteiger partial charge is 0.0276 e. The molecule has 0 radical (unpaired) electrons. The number of hydrogen-bond acceptors (Lipinski definition) is 2. The lowest BCUT2D eigenvalue weighted by atomic mass is 9.78. The highest BCUT2D eigenvalue weighted by Crippen LogP contribution is 2.34. The van der Waals surface area contributed by atoms with Gasteiger partial charge in [-0.15, -0.1) is 0 Å². The average molecular weight is 140 g/mol. The van der Waals surface area contributed by atoms with Gasteiger partial charge in [-0.1, -0.05) is 13.8 Å². The summed E-state index contributed by atoms with van der Waals surface area (Å²) in [5, 5.41) is 0. The number of hydrogen-bond donors (Lipinski definition) is 2. The maximum Gasteiger partial charge on any atom is 0.0276 e. The molecule has 0 aliphatic heterocycles. The van der Waals surface area contributed by atoms with E-state index >= 15 is 0 Å². The van der Waals surface area contributed by atoms with Crippen molar-refractivity contribution >= 4 is 0 Å². The fourth-order valence-corrected chi connectivity index (χ4v) is 1.35. The van der Waals surface area contributed by atoms with E-state index in [4.69, 9.17) is 11.5 Å². The van der Waals surface area contributed by atoms with Gasteiger partial charge in [-0.3, -0.25) is 0 Å². The summed E-state index contributed by atoms with van der Waals surface area (Å²) in [6, 6.07) is 0. The van der Waals surface area contributed by atoms with Crippen LogP contribution in [-0.2, 0) is 0 Å². The van der Waals surface area contributed by atoms with E-state index in [-0.39, 0.29) is 0 Å². The molecule has 0 aromatic rings. The van der Waals surface area contributed by atoms with Gasteiger partial charge in [0.15, 0.2) is 0 Å². The summed E-state index contributed by atoms with van der Waals surface area (Å²) in [7, 11) is 0. The van der Waals surface area contributed by atoms with Gasteiger partial charge in [-0.2, -0.15) is 0 Å². The van der Waals surface area contributed by atoms with Crippen LogP contribution < -0.4 is 11.5 Å². The largest absolute Gasteiger partial charge is 0.401 e. The Kier molecular flexibility index (Phi) is 1.63. The van der Waals surface area contributed by atoms with Crippen LogP contribution in [-0.4, -0.2) is 0 Å². The molecule has 10 heavy (non-hydrogen) atoms. The molecule has 0 atom stereocenters. The summed E-state index contributed by atoms with van der Waals surface area (Å²) in [4.78, 5) is 0. The zero-order valence-corrected chi connectivity index (χ0v) is 6.78. The second-order valence-electron chi connectivity index (χ2n) is 3.89. The molecule has 2 heteroatoms. The summed E-state index contributed by atoms with van der Waals surface area (Å²) in [6.45, 7) is 4.46. The summed E-state index contributed by atoms with van der Waals surface area (Å²) < 4.78 is 0. The Hall–Kier alpha value is -0.660. The molecule has 0 aromatic carbocycles. The lowest BCUT2D eigenvalue weighted by molar-refractivity contribution is 0.311. The molecule has 1 aliphatic carbocycles. The molecule has 0 bridgehead atoms. The third-order valence-corrected chi connectivity index (χ3v) is 2.15. The van der Waals surface area contributed by atoms with Gasteiger partial charge < -0.3 is 11.5 Å². The Morgan fingerprint density at radius 3 is 2.20 bits per heavy atom. The van der Waals surface area contributed by atoms with Crippen molar-refractivity contribution in [2.45, 2.75) is 33.1 Å². The highest BCUT2D eigenvalue weighted by molar-refractivity contribution is 5.13. The predicted octanol–water partition coefficient (Wildman–Crippen LogP) is 1.33. The van der Waals surface area contributed by atoms with E-state index in [9.17, 15) is 0 Å². The molecule has 58 valence electrons. The highest BCUT2D eigenvalue weighted by atomic mass is 14.7. The minimum absolute atomic E-state index is 0.368. The van der Waals surface area contributed by atoms with Crippen LogP contribution in [0.4, 0.5) is 0 Å². The third kappa shape index (κ3) is 1.43. The van der Waals surface area contributed by atoms with Crippen molar-refractivity contribution in [3.8, 4) is 0 Å². The Morgan fingerprint density at radius 2 is 1.80 bits per heavy atom. The van der Waals surface area contributed by atoms with E-state index in [0.717, 1.165) is 24.2 Å². The van der Waals surface area contributed by atoms with Gasteiger partial charge in [0.25, 0.3) is 0 Å². The van der Waals surface area contributed by atoms with Crippen molar-refractivity contribution in [2.24, 2.45) is 16.9 Å². The number of allylic oxidation sites excluding steroid dienone is 2. The van der Waals surface area contributed by atoms with E-state index in [2.05, 4.69) is 13.8 Å². The number of nitrogens with two attached hydrogens (primary N) is 2. The quantitative estimate of drug-likeness (QED) is 0.533. The van der Waals surface area contributed by atoms with E-state index in [1.165, 1.54) is 6.42 Å². The zero-order valence-electron chi connectivity index (χ0n) is 6.78. The van der Waals surface area contributed by atoms with Gasteiger partial charge in [0.1, 0.15) is 0 Å². The Bertz CT molecular complexity index is 168. The summed E-state index contributed by atoms with van der Waals surface area (Å²) in [5.41, 5.74) is 13.5. The first-order valence-electron chi connectivity index (χ1n) is 3.74. The molecule has 0 saturated carbocycles. The lowest BCUT2D eigenvalue weighted by Crippen LogP contribution is -2.24. The van der Waals surface area contributed by atoms with Crippen LogP contribution in [0.1, 0.15) is 33.1 Å². The molecule has 0 heterocycles. The molecule has 0 fully saturated rings. The van der Waals surface area contributed by atoms with Crippen molar-refractivity contribution in [3.63, 3.8) is 0 Å². The van der Waals surface area contributed by atoms with E-state index < -0.39 is 0 Å². The van der Waals surface area contributed by atoms with Gasteiger partial charge in [0.05, 0.1) is 0 Å². The SMILES string of the molecule is CC1(C)CCC(N)=C(N)C1. The van der Waals surface area contributed by atoms with Gasteiger partial charge in [-0.05, 0) is 24.7 Å². The van der Waals surface area contributed by atoms with Crippen LogP contribution in [0.15, 0.2) is 11.4 Å². The molecule has 4 N–H and O–H groups in total. The third-order valence-electron chi connectivity index (χ3n) is 2.15. The van der Waals surface area contributed by atoms with Crippen molar-refractivity contribution in [1.29, 1.82) is 0 Å². The van der Waals surface area contributed by atoms with Gasteiger partial charge in [0, 0.05) is 11.4 Å². The summed E-state index contributed by atoms with van der Waals surface area (Å²) in [6.07, 6.45) is 3.09. The molecule has 0 saturated heterocycles. The second kappa shape index (κ2) is 2.19. The fourth-order valence-electron chi connectivity index (χ4n) is 1.35. The van der Waals surface area contributed by atoms with E-state index in [1.807, 2.05) is 0 Å². The van der Waals surface area contributed by atoms with Crippen molar-refractivity contribution in [3.05, 3.63) is 11.4 Å². The molecule has 0 amide bonds. The minimum atomic E-state index is 0.368. The van der Waals surface area contributed by atoms with Crippen LogP contribution >= 0.6 is 0 Å². The minimum Gasteiger partial charge on any atom is -0.401 e. The normalized spacial score (nSPS) is 25.0. The lowest BCUT2D eigenvalue weighted by Gasteiger charge is -2.30.